The van der Waals surface area contributed by atoms with Gasteiger partial charge in [0.1, 0.15) is 12.4 Å². The Balaban J connectivity index is 1.99. The van der Waals surface area contributed by atoms with Crippen molar-refractivity contribution < 1.29 is 4.74 Å². The van der Waals surface area contributed by atoms with E-state index in [1.807, 2.05) is 42.5 Å². The molecule has 2 heteroatoms. The van der Waals surface area contributed by atoms with E-state index in [-0.39, 0.29) is 0 Å². The van der Waals surface area contributed by atoms with Gasteiger partial charge in [0.25, 0.3) is 0 Å². The summed E-state index contributed by atoms with van der Waals surface area (Å²) < 4.78 is 5.70. The number of rotatable bonds is 4. The van der Waals surface area contributed by atoms with Gasteiger partial charge in [-0.1, -0.05) is 42.5 Å². The Morgan fingerprint density at radius 1 is 0.875 bits per heavy atom. The predicted molar refractivity (Wildman–Crippen MR) is 69.9 cm³/mol. The van der Waals surface area contributed by atoms with E-state index in [2.05, 4.69) is 24.8 Å². The third-order valence-corrected chi connectivity index (χ3v) is 2.69. The number of ether oxygens (including phenoxy) is 1. The molecule has 2 aromatic carbocycles. The second-order valence-electron chi connectivity index (χ2n) is 3.58. The Bertz CT molecular complexity index is 439. The lowest BCUT2D eigenvalue weighted by molar-refractivity contribution is 0.306. The number of benzene rings is 2. The highest BCUT2D eigenvalue weighted by molar-refractivity contribution is 7.79. The average molecular weight is 230 g/mol. The minimum Gasteiger partial charge on any atom is -0.489 e. The summed E-state index contributed by atoms with van der Waals surface area (Å²) in [6.45, 7) is 0.608. The molecule has 0 bridgehead atoms. The highest BCUT2D eigenvalue weighted by Gasteiger charge is 1.96. The van der Waals surface area contributed by atoms with E-state index in [1.54, 1.807) is 0 Å². The molecule has 0 heterocycles. The minimum absolute atomic E-state index is 0.608. The van der Waals surface area contributed by atoms with Crippen LogP contribution in [0, 0.1) is 0 Å². The molecule has 0 radical (unpaired) electrons. The van der Waals surface area contributed by atoms with Crippen LogP contribution in [-0.2, 0) is 12.4 Å². The van der Waals surface area contributed by atoms with Gasteiger partial charge in [-0.25, -0.2) is 0 Å². The first-order valence-corrected chi connectivity index (χ1v) is 5.88. The molecule has 0 fully saturated rings. The van der Waals surface area contributed by atoms with Crippen LogP contribution in [0.4, 0.5) is 0 Å². The lowest BCUT2D eigenvalue weighted by Gasteiger charge is -2.07. The van der Waals surface area contributed by atoms with Crippen LogP contribution in [-0.4, -0.2) is 0 Å². The quantitative estimate of drug-likeness (QED) is 0.788. The van der Waals surface area contributed by atoms with Crippen molar-refractivity contribution in [2.75, 3.05) is 0 Å². The molecule has 0 N–H and O–H groups in total. The first-order valence-electron chi connectivity index (χ1n) is 5.25. The molecule has 0 unspecified atom stereocenters. The molecule has 0 atom stereocenters. The van der Waals surface area contributed by atoms with Crippen LogP contribution < -0.4 is 4.74 Å². The van der Waals surface area contributed by atoms with Crippen molar-refractivity contribution in [3.05, 3.63) is 65.7 Å². The van der Waals surface area contributed by atoms with Crippen molar-refractivity contribution in [3.8, 4) is 5.75 Å². The summed E-state index contributed by atoms with van der Waals surface area (Å²) in [7, 11) is 0. The largest absolute Gasteiger partial charge is 0.489 e. The van der Waals surface area contributed by atoms with Gasteiger partial charge in [-0.2, -0.15) is 12.6 Å². The zero-order valence-electron chi connectivity index (χ0n) is 8.97. The number of hydrogen-bond donors (Lipinski definition) is 1. The van der Waals surface area contributed by atoms with E-state index < -0.39 is 0 Å². The molecule has 0 saturated heterocycles. The standard InChI is InChI=1S/C14H14OS/c16-11-13-7-4-8-14(9-13)15-10-12-5-2-1-3-6-12/h1-9,16H,10-11H2. The van der Waals surface area contributed by atoms with Crippen molar-refractivity contribution in [1.82, 2.24) is 0 Å². The Morgan fingerprint density at radius 3 is 2.38 bits per heavy atom. The molecule has 0 aliphatic rings. The lowest BCUT2D eigenvalue weighted by Crippen LogP contribution is -1.95. The van der Waals surface area contributed by atoms with Crippen LogP contribution in [0.1, 0.15) is 11.1 Å². The summed E-state index contributed by atoms with van der Waals surface area (Å²) in [5.74, 6) is 1.64. The topological polar surface area (TPSA) is 9.23 Å². The third-order valence-electron chi connectivity index (χ3n) is 2.33. The SMILES string of the molecule is SCc1cccc(OCc2ccccc2)c1. The first kappa shape index (κ1) is 11.1. The van der Waals surface area contributed by atoms with Crippen molar-refractivity contribution in [3.63, 3.8) is 0 Å². The van der Waals surface area contributed by atoms with Gasteiger partial charge in [0.05, 0.1) is 0 Å². The third kappa shape index (κ3) is 3.04. The fraction of sp³-hybridized carbons (Fsp3) is 0.143. The first-order chi connectivity index (χ1) is 7.88. The zero-order chi connectivity index (χ0) is 11.2. The minimum atomic E-state index is 0.608. The van der Waals surface area contributed by atoms with Gasteiger partial charge >= 0.3 is 0 Å². The van der Waals surface area contributed by atoms with E-state index in [1.165, 1.54) is 11.1 Å². The van der Waals surface area contributed by atoms with Gasteiger partial charge in [-0.3, -0.25) is 0 Å². The number of hydrogen-bond acceptors (Lipinski definition) is 2. The molecule has 0 aliphatic carbocycles. The fourth-order valence-corrected chi connectivity index (χ4v) is 1.67. The van der Waals surface area contributed by atoms with Gasteiger partial charge in [0.2, 0.25) is 0 Å². The lowest BCUT2D eigenvalue weighted by atomic mass is 10.2. The van der Waals surface area contributed by atoms with Crippen molar-refractivity contribution in [1.29, 1.82) is 0 Å². The smallest absolute Gasteiger partial charge is 0.120 e. The maximum atomic E-state index is 5.70. The van der Waals surface area contributed by atoms with E-state index in [0.717, 1.165) is 11.5 Å². The van der Waals surface area contributed by atoms with Crippen LogP contribution in [0.15, 0.2) is 54.6 Å². The Hall–Kier alpha value is -1.41. The summed E-state index contributed by atoms with van der Waals surface area (Å²) in [5, 5.41) is 0. The average Bonchev–Trinajstić information content (AvgIpc) is 2.38. The summed E-state index contributed by atoms with van der Waals surface area (Å²) in [4.78, 5) is 0. The van der Waals surface area contributed by atoms with Gasteiger partial charge in [-0.05, 0) is 23.3 Å². The van der Waals surface area contributed by atoms with Crippen LogP contribution in [0.25, 0.3) is 0 Å². The fourth-order valence-electron chi connectivity index (χ4n) is 1.47. The van der Waals surface area contributed by atoms with Crippen LogP contribution in [0.3, 0.4) is 0 Å². The van der Waals surface area contributed by atoms with E-state index in [9.17, 15) is 0 Å². The molecule has 82 valence electrons. The van der Waals surface area contributed by atoms with Crippen molar-refractivity contribution >= 4 is 12.6 Å². The summed E-state index contributed by atoms with van der Waals surface area (Å²) in [5.41, 5.74) is 2.35. The van der Waals surface area contributed by atoms with Crippen molar-refractivity contribution in [2.24, 2.45) is 0 Å². The molecular formula is C14H14OS. The van der Waals surface area contributed by atoms with Gasteiger partial charge < -0.3 is 4.74 Å². The summed E-state index contributed by atoms with van der Waals surface area (Å²) in [6, 6.07) is 18.2. The van der Waals surface area contributed by atoms with E-state index >= 15 is 0 Å². The van der Waals surface area contributed by atoms with Gasteiger partial charge in [-0.15, -0.1) is 0 Å². The Labute approximate surface area is 101 Å². The molecule has 0 aliphatic heterocycles. The second-order valence-corrected chi connectivity index (χ2v) is 3.90. The molecule has 0 spiro atoms. The van der Waals surface area contributed by atoms with Crippen LogP contribution >= 0.6 is 12.6 Å². The Morgan fingerprint density at radius 2 is 1.62 bits per heavy atom. The second kappa shape index (κ2) is 5.61. The molecule has 1 nitrogen and oxygen atoms in total. The highest BCUT2D eigenvalue weighted by atomic mass is 32.1. The molecule has 2 rings (SSSR count). The molecule has 0 saturated carbocycles. The van der Waals surface area contributed by atoms with Crippen LogP contribution in [0.5, 0.6) is 5.75 Å². The monoisotopic (exact) mass is 230 g/mol. The van der Waals surface area contributed by atoms with E-state index in [4.69, 9.17) is 4.74 Å². The molecule has 2 aromatic rings. The Kier molecular flexibility index (Phi) is 3.89. The van der Waals surface area contributed by atoms with Crippen LogP contribution in [0.2, 0.25) is 0 Å². The highest BCUT2D eigenvalue weighted by Crippen LogP contribution is 2.16. The normalized spacial score (nSPS) is 10.1. The van der Waals surface area contributed by atoms with Gasteiger partial charge in [0.15, 0.2) is 0 Å². The maximum Gasteiger partial charge on any atom is 0.120 e. The van der Waals surface area contributed by atoms with E-state index in [0.29, 0.717) is 6.61 Å². The molecule has 0 aromatic heterocycles. The van der Waals surface area contributed by atoms with Crippen molar-refractivity contribution in [2.45, 2.75) is 12.4 Å². The van der Waals surface area contributed by atoms with Gasteiger partial charge in [0, 0.05) is 5.75 Å². The number of thiol groups is 1. The zero-order valence-corrected chi connectivity index (χ0v) is 9.86. The summed E-state index contributed by atoms with van der Waals surface area (Å²) >= 11 is 4.24. The predicted octanol–water partition coefficient (Wildman–Crippen LogP) is 3.70. The molecule has 16 heavy (non-hydrogen) atoms. The molecule has 0 amide bonds. The summed E-state index contributed by atoms with van der Waals surface area (Å²) in [6.07, 6.45) is 0. The molecular weight excluding hydrogens is 216 g/mol. The maximum absolute atomic E-state index is 5.70.